The van der Waals surface area contributed by atoms with Crippen LogP contribution in [0.2, 0.25) is 0 Å². The number of aryl methyl sites for hydroxylation is 1. The van der Waals surface area contributed by atoms with Gasteiger partial charge in [-0.25, -0.2) is 8.42 Å². The zero-order valence-electron chi connectivity index (χ0n) is 18.8. The van der Waals surface area contributed by atoms with Crippen LogP contribution < -0.4 is 0 Å². The molecule has 1 aromatic heterocycles. The molecule has 33 heavy (non-hydrogen) atoms. The van der Waals surface area contributed by atoms with Gasteiger partial charge in [-0.15, -0.1) is 10.2 Å². The van der Waals surface area contributed by atoms with Crippen molar-refractivity contribution in [3.63, 3.8) is 0 Å². The summed E-state index contributed by atoms with van der Waals surface area (Å²) in [6, 6.07) is 17.7. The number of hydrogen-bond acceptors (Lipinski definition) is 6. The van der Waals surface area contributed by atoms with E-state index in [1.165, 1.54) is 11.8 Å². The van der Waals surface area contributed by atoms with Crippen molar-refractivity contribution >= 4 is 27.5 Å². The Morgan fingerprint density at radius 3 is 2.61 bits per heavy atom. The highest BCUT2D eigenvalue weighted by Gasteiger charge is 2.34. The van der Waals surface area contributed by atoms with Gasteiger partial charge in [-0.2, -0.15) is 0 Å². The Labute approximate surface area is 199 Å². The predicted octanol–water partition coefficient (Wildman–Crippen LogP) is 3.76. The second-order valence-electron chi connectivity index (χ2n) is 8.28. The van der Waals surface area contributed by atoms with Crippen LogP contribution in [0.25, 0.3) is 17.1 Å². The molecule has 7 nitrogen and oxygen atoms in total. The first kappa shape index (κ1) is 23.5. The third kappa shape index (κ3) is 5.47. The second-order valence-corrected chi connectivity index (χ2v) is 11.5. The number of benzene rings is 2. The lowest BCUT2D eigenvalue weighted by molar-refractivity contribution is -0.130. The molecule has 4 rings (SSSR count). The van der Waals surface area contributed by atoms with E-state index in [0.29, 0.717) is 23.9 Å². The third-order valence-corrected chi connectivity index (χ3v) is 8.35. The summed E-state index contributed by atoms with van der Waals surface area (Å²) in [6.45, 7) is 4.59. The van der Waals surface area contributed by atoms with Gasteiger partial charge in [0, 0.05) is 23.8 Å². The molecule has 1 aliphatic heterocycles. The molecular weight excluding hydrogens is 456 g/mol. The Balaban J connectivity index is 1.59. The third-order valence-electron chi connectivity index (χ3n) is 5.68. The number of carbonyl (C=O) groups is 1. The molecule has 3 aromatic rings. The fraction of sp³-hybridized carbons (Fsp3) is 0.375. The molecule has 0 aliphatic carbocycles. The van der Waals surface area contributed by atoms with E-state index in [1.807, 2.05) is 66.9 Å². The molecule has 1 fully saturated rings. The minimum atomic E-state index is -3.06. The van der Waals surface area contributed by atoms with Crippen LogP contribution in [0.3, 0.4) is 0 Å². The molecule has 0 spiro atoms. The number of sulfone groups is 1. The molecule has 0 N–H and O–H groups in total. The Hall–Kier alpha value is -2.65. The van der Waals surface area contributed by atoms with Crippen molar-refractivity contribution in [3.8, 4) is 17.1 Å². The van der Waals surface area contributed by atoms with Crippen LogP contribution in [-0.4, -0.2) is 63.8 Å². The molecule has 1 unspecified atom stereocenters. The van der Waals surface area contributed by atoms with Gasteiger partial charge in [-0.05, 0) is 38.0 Å². The first-order chi connectivity index (χ1) is 15.9. The number of aromatic nitrogens is 3. The molecule has 1 atom stereocenters. The molecule has 9 heteroatoms. The zero-order valence-corrected chi connectivity index (χ0v) is 20.5. The van der Waals surface area contributed by atoms with Gasteiger partial charge in [0.1, 0.15) is 0 Å². The Morgan fingerprint density at radius 1 is 1.15 bits per heavy atom. The van der Waals surface area contributed by atoms with Crippen LogP contribution >= 0.6 is 11.8 Å². The van der Waals surface area contributed by atoms with Crippen molar-refractivity contribution in [2.45, 2.75) is 37.9 Å². The van der Waals surface area contributed by atoms with Crippen LogP contribution in [-0.2, 0) is 14.6 Å². The molecule has 0 bridgehead atoms. The normalized spacial score (nSPS) is 17.2. The number of amides is 1. The largest absolute Gasteiger partial charge is 0.338 e. The average Bonchev–Trinajstić information content (AvgIpc) is 3.39. The Morgan fingerprint density at radius 2 is 1.94 bits per heavy atom. The van der Waals surface area contributed by atoms with Gasteiger partial charge in [-0.1, -0.05) is 60.6 Å². The molecule has 174 valence electrons. The van der Waals surface area contributed by atoms with E-state index in [2.05, 4.69) is 16.3 Å². The highest BCUT2D eigenvalue weighted by Crippen LogP contribution is 2.29. The van der Waals surface area contributed by atoms with Crippen LogP contribution in [0.1, 0.15) is 25.3 Å². The number of thioether (sulfide) groups is 1. The van der Waals surface area contributed by atoms with Crippen molar-refractivity contribution in [2.75, 3.05) is 23.8 Å². The maximum Gasteiger partial charge on any atom is 0.233 e. The van der Waals surface area contributed by atoms with E-state index in [0.717, 1.165) is 23.2 Å². The van der Waals surface area contributed by atoms with Gasteiger partial charge < -0.3 is 4.90 Å². The maximum absolute atomic E-state index is 13.1. The van der Waals surface area contributed by atoms with Crippen molar-refractivity contribution in [1.29, 1.82) is 0 Å². The molecule has 0 saturated carbocycles. The number of rotatable bonds is 8. The van der Waals surface area contributed by atoms with Crippen LogP contribution in [0.4, 0.5) is 0 Å². The molecule has 1 amide bonds. The summed E-state index contributed by atoms with van der Waals surface area (Å²) in [5.74, 6) is 1.03. The van der Waals surface area contributed by atoms with Crippen molar-refractivity contribution in [3.05, 3.63) is 60.2 Å². The summed E-state index contributed by atoms with van der Waals surface area (Å²) in [5.41, 5.74) is 3.00. The van der Waals surface area contributed by atoms with E-state index in [4.69, 9.17) is 0 Å². The highest BCUT2D eigenvalue weighted by atomic mass is 32.2. The summed E-state index contributed by atoms with van der Waals surface area (Å²) in [4.78, 5) is 14.9. The first-order valence-corrected chi connectivity index (χ1v) is 13.9. The molecule has 1 saturated heterocycles. The van der Waals surface area contributed by atoms with Crippen molar-refractivity contribution in [1.82, 2.24) is 19.7 Å². The summed E-state index contributed by atoms with van der Waals surface area (Å²) in [5, 5.41) is 9.48. The fourth-order valence-corrected chi connectivity index (χ4v) is 6.70. The monoisotopic (exact) mass is 484 g/mol. The minimum Gasteiger partial charge on any atom is -0.338 e. The quantitative estimate of drug-likeness (QED) is 0.453. The van der Waals surface area contributed by atoms with Crippen LogP contribution in [0, 0.1) is 6.92 Å². The topological polar surface area (TPSA) is 85.2 Å². The van der Waals surface area contributed by atoms with Gasteiger partial charge in [0.15, 0.2) is 20.8 Å². The molecular formula is C24H28N4O3S2. The van der Waals surface area contributed by atoms with Gasteiger partial charge in [0.2, 0.25) is 5.91 Å². The lowest BCUT2D eigenvalue weighted by atomic mass is 10.1. The van der Waals surface area contributed by atoms with Crippen molar-refractivity contribution < 1.29 is 13.2 Å². The lowest BCUT2D eigenvalue weighted by Gasteiger charge is -2.27. The van der Waals surface area contributed by atoms with E-state index in [1.54, 1.807) is 4.90 Å². The summed E-state index contributed by atoms with van der Waals surface area (Å²) >= 11 is 1.33. The molecule has 2 aromatic carbocycles. The zero-order chi connectivity index (χ0) is 23.4. The van der Waals surface area contributed by atoms with Crippen molar-refractivity contribution in [2.24, 2.45) is 0 Å². The number of hydrogen-bond donors (Lipinski definition) is 0. The number of carbonyl (C=O) groups excluding carboxylic acids is 1. The second kappa shape index (κ2) is 10.1. The standard InChI is InChI=1S/C24H28N4O3S2/c1-3-13-27(21-12-14-33(30,31)17-21)22(29)16-32-24-26-25-23(19-9-7-8-18(2)15-19)28(24)20-10-5-4-6-11-20/h4-11,15,21H,3,12-14,16-17H2,1-2H3. The Bertz CT molecular complexity index is 1230. The summed E-state index contributed by atoms with van der Waals surface area (Å²) in [7, 11) is -3.06. The lowest BCUT2D eigenvalue weighted by Crippen LogP contribution is -2.42. The first-order valence-electron chi connectivity index (χ1n) is 11.1. The number of nitrogens with zero attached hydrogens (tertiary/aromatic N) is 4. The molecule has 2 heterocycles. The van der Waals surface area contributed by atoms with Gasteiger partial charge in [-0.3, -0.25) is 9.36 Å². The van der Waals surface area contributed by atoms with E-state index < -0.39 is 9.84 Å². The molecule has 0 radical (unpaired) electrons. The van der Waals surface area contributed by atoms with Gasteiger partial charge in [0.25, 0.3) is 0 Å². The van der Waals surface area contributed by atoms with Crippen LogP contribution in [0.5, 0.6) is 0 Å². The maximum atomic E-state index is 13.1. The SMILES string of the molecule is CCCN(C(=O)CSc1nnc(-c2cccc(C)c2)n1-c1ccccc1)C1CCS(=O)(=O)C1. The predicted molar refractivity (Wildman–Crippen MR) is 131 cm³/mol. The summed E-state index contributed by atoms with van der Waals surface area (Å²) in [6.07, 6.45) is 1.29. The average molecular weight is 485 g/mol. The summed E-state index contributed by atoms with van der Waals surface area (Å²) < 4.78 is 25.9. The molecule has 1 aliphatic rings. The van der Waals surface area contributed by atoms with Gasteiger partial charge >= 0.3 is 0 Å². The van der Waals surface area contributed by atoms with E-state index in [9.17, 15) is 13.2 Å². The van der Waals surface area contributed by atoms with Crippen LogP contribution in [0.15, 0.2) is 59.8 Å². The highest BCUT2D eigenvalue weighted by molar-refractivity contribution is 7.99. The minimum absolute atomic E-state index is 0.0567. The van der Waals surface area contributed by atoms with E-state index in [-0.39, 0.29) is 29.2 Å². The van der Waals surface area contributed by atoms with Gasteiger partial charge in [0.05, 0.1) is 17.3 Å². The fourth-order valence-electron chi connectivity index (χ4n) is 4.13. The Kier molecular flexibility index (Phi) is 7.19. The van der Waals surface area contributed by atoms with E-state index >= 15 is 0 Å². The number of para-hydroxylation sites is 1. The smallest absolute Gasteiger partial charge is 0.233 e.